The highest BCUT2D eigenvalue weighted by Gasteiger charge is 2.12. The van der Waals surface area contributed by atoms with Gasteiger partial charge in [0, 0.05) is 25.0 Å². The number of pyridine rings is 1. The second-order valence-corrected chi connectivity index (χ2v) is 3.95. The minimum absolute atomic E-state index is 0.147. The fourth-order valence-corrected chi connectivity index (χ4v) is 1.62. The molecule has 2 heterocycles. The van der Waals surface area contributed by atoms with E-state index in [0.717, 1.165) is 5.56 Å². The van der Waals surface area contributed by atoms with E-state index in [1.807, 2.05) is 25.3 Å². The highest BCUT2D eigenvalue weighted by Crippen LogP contribution is 2.15. The molecule has 0 amide bonds. The molecule has 4 heteroatoms. The van der Waals surface area contributed by atoms with Crippen LogP contribution in [0, 0.1) is 0 Å². The first-order valence-corrected chi connectivity index (χ1v) is 5.62. The molecule has 2 atom stereocenters. The number of aliphatic hydroxyl groups is 1. The Morgan fingerprint density at radius 2 is 2.29 bits per heavy atom. The Morgan fingerprint density at radius 3 is 2.94 bits per heavy atom. The van der Waals surface area contributed by atoms with E-state index in [1.54, 1.807) is 24.6 Å². The van der Waals surface area contributed by atoms with Gasteiger partial charge in [-0.25, -0.2) is 0 Å². The molecule has 0 saturated carbocycles. The second kappa shape index (κ2) is 5.61. The summed E-state index contributed by atoms with van der Waals surface area (Å²) in [7, 11) is 0. The van der Waals surface area contributed by atoms with Gasteiger partial charge in [0.25, 0.3) is 0 Å². The van der Waals surface area contributed by atoms with Gasteiger partial charge >= 0.3 is 0 Å². The number of rotatable bonds is 5. The molecule has 0 aliphatic carbocycles. The molecule has 0 radical (unpaired) electrons. The van der Waals surface area contributed by atoms with Crippen molar-refractivity contribution in [3.8, 4) is 0 Å². The number of nitrogens with zero attached hydrogens (tertiary/aromatic N) is 1. The van der Waals surface area contributed by atoms with Gasteiger partial charge in [-0.3, -0.25) is 4.98 Å². The molecule has 2 aromatic heterocycles. The number of aliphatic hydroxyl groups excluding tert-OH is 1. The maximum absolute atomic E-state index is 9.83. The normalized spacial score (nSPS) is 14.5. The van der Waals surface area contributed by atoms with Gasteiger partial charge in [0.2, 0.25) is 0 Å². The second-order valence-electron chi connectivity index (χ2n) is 3.95. The molecular weight excluding hydrogens is 216 g/mol. The summed E-state index contributed by atoms with van der Waals surface area (Å²) in [5, 5.41) is 13.1. The Labute approximate surface area is 100 Å². The summed E-state index contributed by atoms with van der Waals surface area (Å²) in [6.45, 7) is 2.48. The smallest absolute Gasteiger partial charge is 0.133 e. The number of nitrogens with one attached hydrogen (secondary N) is 1. The molecule has 0 saturated heterocycles. The summed E-state index contributed by atoms with van der Waals surface area (Å²) in [5.41, 5.74) is 1.10. The Balaban J connectivity index is 1.86. The van der Waals surface area contributed by atoms with Crippen LogP contribution >= 0.6 is 0 Å². The maximum Gasteiger partial charge on any atom is 0.133 e. The predicted octanol–water partition coefficient (Wildman–Crippen LogP) is 2.06. The van der Waals surface area contributed by atoms with E-state index in [0.29, 0.717) is 12.3 Å². The molecule has 0 aromatic carbocycles. The van der Waals surface area contributed by atoms with E-state index in [2.05, 4.69) is 10.3 Å². The molecule has 0 bridgehead atoms. The predicted molar refractivity (Wildman–Crippen MR) is 64.3 cm³/mol. The lowest BCUT2D eigenvalue weighted by molar-refractivity contribution is 0.144. The lowest BCUT2D eigenvalue weighted by Gasteiger charge is -2.15. The first-order chi connectivity index (χ1) is 8.27. The zero-order valence-electron chi connectivity index (χ0n) is 9.71. The number of aromatic nitrogens is 1. The van der Waals surface area contributed by atoms with Crippen molar-refractivity contribution in [3.05, 3.63) is 54.2 Å². The number of hydrogen-bond donors (Lipinski definition) is 2. The fourth-order valence-electron chi connectivity index (χ4n) is 1.62. The number of furan rings is 1. The quantitative estimate of drug-likeness (QED) is 0.828. The highest BCUT2D eigenvalue weighted by molar-refractivity contribution is 5.13. The van der Waals surface area contributed by atoms with E-state index in [9.17, 15) is 5.11 Å². The molecule has 0 fully saturated rings. The summed E-state index contributed by atoms with van der Waals surface area (Å²) in [5.74, 6) is 0.580. The van der Waals surface area contributed by atoms with Crippen LogP contribution in [-0.2, 0) is 0 Å². The standard InChI is InChI=1S/C13H16N2O2/c1-10(11-4-2-6-14-8-11)15-9-12(16)13-5-3-7-17-13/h2-8,10,12,15-16H,9H2,1H3. The molecule has 90 valence electrons. The van der Waals surface area contributed by atoms with Gasteiger partial charge in [-0.1, -0.05) is 6.07 Å². The van der Waals surface area contributed by atoms with Crippen LogP contribution in [0.1, 0.15) is 30.4 Å². The van der Waals surface area contributed by atoms with Crippen LogP contribution in [0.3, 0.4) is 0 Å². The van der Waals surface area contributed by atoms with Crippen LogP contribution in [0.2, 0.25) is 0 Å². The molecule has 4 nitrogen and oxygen atoms in total. The third kappa shape index (κ3) is 3.15. The number of hydrogen-bond acceptors (Lipinski definition) is 4. The average Bonchev–Trinajstić information content (AvgIpc) is 2.90. The van der Waals surface area contributed by atoms with E-state index >= 15 is 0 Å². The van der Waals surface area contributed by atoms with Crippen molar-refractivity contribution in [1.82, 2.24) is 10.3 Å². The zero-order valence-corrected chi connectivity index (χ0v) is 9.71. The van der Waals surface area contributed by atoms with Crippen molar-refractivity contribution in [2.75, 3.05) is 6.54 Å². The Bertz CT molecular complexity index is 428. The molecule has 17 heavy (non-hydrogen) atoms. The van der Waals surface area contributed by atoms with Crippen molar-refractivity contribution in [3.63, 3.8) is 0 Å². The first-order valence-electron chi connectivity index (χ1n) is 5.62. The van der Waals surface area contributed by atoms with Crippen molar-refractivity contribution < 1.29 is 9.52 Å². The lowest BCUT2D eigenvalue weighted by Crippen LogP contribution is -2.24. The topological polar surface area (TPSA) is 58.3 Å². The molecule has 0 aliphatic rings. The summed E-state index contributed by atoms with van der Waals surface area (Å²) in [6.07, 6.45) is 4.50. The van der Waals surface area contributed by atoms with Gasteiger partial charge in [-0.05, 0) is 30.7 Å². The van der Waals surface area contributed by atoms with Gasteiger partial charge in [0.1, 0.15) is 11.9 Å². The van der Waals surface area contributed by atoms with E-state index in [4.69, 9.17) is 4.42 Å². The summed E-state index contributed by atoms with van der Waals surface area (Å²) in [6, 6.07) is 7.58. The van der Waals surface area contributed by atoms with E-state index in [1.165, 1.54) is 0 Å². The third-order valence-electron chi connectivity index (χ3n) is 2.67. The Morgan fingerprint density at radius 1 is 1.41 bits per heavy atom. The molecule has 0 aliphatic heterocycles. The van der Waals surface area contributed by atoms with Crippen LogP contribution in [0.5, 0.6) is 0 Å². The van der Waals surface area contributed by atoms with Crippen molar-refractivity contribution in [2.45, 2.75) is 19.1 Å². The van der Waals surface area contributed by atoms with Gasteiger partial charge in [-0.15, -0.1) is 0 Å². The SMILES string of the molecule is CC(NCC(O)c1ccco1)c1cccnc1. The van der Waals surface area contributed by atoms with Gasteiger partial charge in [-0.2, -0.15) is 0 Å². The first kappa shape index (κ1) is 11.8. The largest absolute Gasteiger partial charge is 0.467 e. The van der Waals surface area contributed by atoms with Gasteiger partial charge in [0.05, 0.1) is 6.26 Å². The fraction of sp³-hybridized carbons (Fsp3) is 0.308. The van der Waals surface area contributed by atoms with Crippen LogP contribution < -0.4 is 5.32 Å². The van der Waals surface area contributed by atoms with Crippen molar-refractivity contribution >= 4 is 0 Å². The third-order valence-corrected chi connectivity index (χ3v) is 2.67. The average molecular weight is 232 g/mol. The minimum atomic E-state index is -0.621. The molecule has 0 spiro atoms. The lowest BCUT2D eigenvalue weighted by atomic mass is 10.1. The Hall–Kier alpha value is -1.65. The van der Waals surface area contributed by atoms with Crippen LogP contribution in [0.4, 0.5) is 0 Å². The summed E-state index contributed by atoms with van der Waals surface area (Å²) >= 11 is 0. The molecular formula is C13H16N2O2. The van der Waals surface area contributed by atoms with E-state index in [-0.39, 0.29) is 6.04 Å². The molecule has 2 rings (SSSR count). The minimum Gasteiger partial charge on any atom is -0.467 e. The molecule has 2 aromatic rings. The van der Waals surface area contributed by atoms with Crippen molar-refractivity contribution in [2.24, 2.45) is 0 Å². The molecule has 2 unspecified atom stereocenters. The van der Waals surface area contributed by atoms with Crippen LogP contribution in [-0.4, -0.2) is 16.6 Å². The van der Waals surface area contributed by atoms with E-state index < -0.39 is 6.10 Å². The van der Waals surface area contributed by atoms with Crippen LogP contribution in [0.25, 0.3) is 0 Å². The zero-order chi connectivity index (χ0) is 12.1. The maximum atomic E-state index is 9.83. The summed E-state index contributed by atoms with van der Waals surface area (Å²) in [4.78, 5) is 4.06. The monoisotopic (exact) mass is 232 g/mol. The van der Waals surface area contributed by atoms with Crippen LogP contribution in [0.15, 0.2) is 47.3 Å². The van der Waals surface area contributed by atoms with Gasteiger partial charge in [0.15, 0.2) is 0 Å². The summed E-state index contributed by atoms with van der Waals surface area (Å²) < 4.78 is 5.13. The Kier molecular flexibility index (Phi) is 3.90. The molecule has 2 N–H and O–H groups in total. The highest BCUT2D eigenvalue weighted by atomic mass is 16.4. The van der Waals surface area contributed by atoms with Gasteiger partial charge < -0.3 is 14.8 Å². The van der Waals surface area contributed by atoms with Crippen molar-refractivity contribution in [1.29, 1.82) is 0 Å².